The van der Waals surface area contributed by atoms with Crippen LogP contribution in [0.25, 0.3) is 0 Å². The van der Waals surface area contributed by atoms with Gasteiger partial charge in [0.1, 0.15) is 5.69 Å². The van der Waals surface area contributed by atoms with E-state index in [1.165, 1.54) is 7.11 Å². The summed E-state index contributed by atoms with van der Waals surface area (Å²) in [5.74, 6) is 0.185. The number of hydrogen-bond donors (Lipinski definition) is 1. The number of azo groups is 1. The number of anilines is 3. The number of ether oxygens (including phenoxy) is 3. The minimum atomic E-state index is -0.0173. The molecule has 10 nitrogen and oxygen atoms in total. The van der Waals surface area contributed by atoms with Crippen LogP contribution in [0.5, 0.6) is 6.01 Å². The summed E-state index contributed by atoms with van der Waals surface area (Å²) in [6.45, 7) is 2.42. The van der Waals surface area contributed by atoms with Crippen LogP contribution in [0.4, 0.5) is 28.7 Å². The largest absolute Gasteiger partial charge is 0.467 e. The summed E-state index contributed by atoms with van der Waals surface area (Å²) in [5.41, 5.74) is 2.55. The Labute approximate surface area is 218 Å². The maximum absolute atomic E-state index is 6.10. The molecule has 0 saturated heterocycles. The SMILES string of the molecule is COCCN(CCOC)c1ccc(N=Nc2ccc(Cl)c(Cl)c2)c(Nc2nc(Cl)nc(OC)n2)c1. The molecule has 3 aromatic rings. The Bertz CT molecular complexity index is 1160. The molecule has 3 rings (SSSR count). The monoisotopic (exact) mass is 539 g/mol. The fourth-order valence-electron chi connectivity index (χ4n) is 2.94. The minimum Gasteiger partial charge on any atom is -0.467 e. The first-order valence-electron chi connectivity index (χ1n) is 10.4. The molecule has 0 bridgehead atoms. The van der Waals surface area contributed by atoms with E-state index in [0.29, 0.717) is 53.4 Å². The van der Waals surface area contributed by atoms with Crippen LogP contribution in [0.1, 0.15) is 0 Å². The molecule has 0 aliphatic rings. The molecule has 186 valence electrons. The lowest BCUT2D eigenvalue weighted by molar-refractivity contribution is 0.190. The molecule has 0 saturated carbocycles. The van der Waals surface area contributed by atoms with Crippen LogP contribution in [0.3, 0.4) is 0 Å². The number of benzene rings is 2. The van der Waals surface area contributed by atoms with Gasteiger partial charge in [-0.1, -0.05) is 23.2 Å². The molecule has 1 aromatic heterocycles. The summed E-state index contributed by atoms with van der Waals surface area (Å²) in [7, 11) is 4.76. The minimum absolute atomic E-state index is 0.0173. The summed E-state index contributed by atoms with van der Waals surface area (Å²) >= 11 is 18.1. The predicted molar refractivity (Wildman–Crippen MR) is 138 cm³/mol. The van der Waals surface area contributed by atoms with Crippen molar-refractivity contribution in [3.63, 3.8) is 0 Å². The molecular formula is C22H24Cl3N7O3. The van der Waals surface area contributed by atoms with Crippen molar-refractivity contribution in [3.05, 3.63) is 51.7 Å². The molecular weight excluding hydrogens is 517 g/mol. The van der Waals surface area contributed by atoms with Crippen LogP contribution in [-0.2, 0) is 9.47 Å². The first-order chi connectivity index (χ1) is 16.9. The fourth-order valence-corrected chi connectivity index (χ4v) is 3.38. The second-order valence-corrected chi connectivity index (χ2v) is 8.16. The quantitative estimate of drug-likeness (QED) is 0.275. The zero-order valence-electron chi connectivity index (χ0n) is 19.3. The normalized spacial score (nSPS) is 11.1. The first kappa shape index (κ1) is 26.8. The molecule has 0 spiro atoms. The average Bonchev–Trinajstić information content (AvgIpc) is 2.85. The van der Waals surface area contributed by atoms with Crippen molar-refractivity contribution < 1.29 is 14.2 Å². The number of halogens is 3. The Kier molecular flexibility index (Phi) is 10.2. The van der Waals surface area contributed by atoms with Crippen LogP contribution in [0, 0.1) is 0 Å². The van der Waals surface area contributed by atoms with Crippen LogP contribution in [0.15, 0.2) is 46.6 Å². The Morgan fingerprint density at radius 1 is 0.857 bits per heavy atom. The Hall–Kier alpha value is -2.76. The molecule has 0 amide bonds. The molecule has 0 unspecified atom stereocenters. The van der Waals surface area contributed by atoms with Crippen molar-refractivity contribution in [3.8, 4) is 6.01 Å². The van der Waals surface area contributed by atoms with E-state index in [1.807, 2.05) is 18.2 Å². The average molecular weight is 541 g/mol. The predicted octanol–water partition coefficient (Wildman–Crippen LogP) is 6.10. The zero-order chi connectivity index (χ0) is 25.2. The van der Waals surface area contributed by atoms with Crippen LogP contribution >= 0.6 is 34.8 Å². The molecule has 0 aliphatic heterocycles. The third kappa shape index (κ3) is 7.87. The lowest BCUT2D eigenvalue weighted by Gasteiger charge is -2.25. The van der Waals surface area contributed by atoms with E-state index < -0.39 is 0 Å². The van der Waals surface area contributed by atoms with Crippen LogP contribution in [-0.4, -0.2) is 62.6 Å². The van der Waals surface area contributed by atoms with Gasteiger partial charge in [0.2, 0.25) is 11.2 Å². The van der Waals surface area contributed by atoms with Crippen LogP contribution < -0.4 is 15.0 Å². The van der Waals surface area contributed by atoms with Crippen molar-refractivity contribution in [2.75, 3.05) is 57.8 Å². The summed E-state index contributed by atoms with van der Waals surface area (Å²) < 4.78 is 15.6. The van der Waals surface area contributed by atoms with E-state index in [0.717, 1.165) is 5.69 Å². The summed E-state index contributed by atoms with van der Waals surface area (Å²) in [6.07, 6.45) is 0. The lowest BCUT2D eigenvalue weighted by Crippen LogP contribution is -2.30. The Morgan fingerprint density at radius 3 is 2.26 bits per heavy atom. The number of methoxy groups -OCH3 is 3. The second kappa shape index (κ2) is 13.4. The van der Waals surface area contributed by atoms with E-state index in [4.69, 9.17) is 49.0 Å². The van der Waals surface area contributed by atoms with E-state index >= 15 is 0 Å². The highest BCUT2D eigenvalue weighted by molar-refractivity contribution is 6.42. The third-order valence-electron chi connectivity index (χ3n) is 4.67. The van der Waals surface area contributed by atoms with Gasteiger partial charge in [-0.15, -0.1) is 5.11 Å². The maximum atomic E-state index is 6.10. The molecule has 0 fully saturated rings. The van der Waals surface area contributed by atoms with Gasteiger partial charge in [-0.25, -0.2) is 0 Å². The molecule has 2 aromatic carbocycles. The second-order valence-electron chi connectivity index (χ2n) is 7.01. The van der Waals surface area contributed by atoms with Gasteiger partial charge in [0.15, 0.2) is 0 Å². The number of hydrogen-bond acceptors (Lipinski definition) is 10. The molecule has 13 heteroatoms. The number of nitrogens with one attached hydrogen (secondary N) is 1. The van der Waals surface area contributed by atoms with E-state index in [2.05, 4.69) is 35.4 Å². The zero-order valence-corrected chi connectivity index (χ0v) is 21.6. The topological polar surface area (TPSA) is 106 Å². The molecule has 35 heavy (non-hydrogen) atoms. The Balaban J connectivity index is 2.00. The van der Waals surface area contributed by atoms with E-state index in [9.17, 15) is 0 Å². The lowest BCUT2D eigenvalue weighted by atomic mass is 10.2. The molecule has 1 N–H and O–H groups in total. The van der Waals surface area contributed by atoms with E-state index in [1.54, 1.807) is 32.4 Å². The summed E-state index contributed by atoms with van der Waals surface area (Å²) in [6, 6.07) is 10.7. The maximum Gasteiger partial charge on any atom is 0.322 e. The summed E-state index contributed by atoms with van der Waals surface area (Å²) in [5, 5.41) is 12.6. The van der Waals surface area contributed by atoms with Gasteiger partial charge >= 0.3 is 6.01 Å². The van der Waals surface area contributed by atoms with Crippen molar-refractivity contribution in [1.82, 2.24) is 15.0 Å². The molecule has 0 radical (unpaired) electrons. The van der Waals surface area contributed by atoms with Crippen molar-refractivity contribution in [2.45, 2.75) is 0 Å². The van der Waals surface area contributed by atoms with Crippen molar-refractivity contribution in [1.29, 1.82) is 0 Å². The molecule has 0 atom stereocenters. The number of nitrogens with zero attached hydrogens (tertiary/aromatic N) is 6. The standard InChI is InChI=1S/C22H24Cl3N7O3/c1-33-10-8-32(9-11-34-2)15-5-7-18(31-30-14-4-6-16(23)17(24)12-14)19(13-15)26-21-27-20(25)28-22(29-21)35-3/h4-7,12-13H,8-11H2,1-3H3,(H,26,27,28,29). The van der Waals surface area contributed by atoms with Gasteiger partial charge in [0, 0.05) is 33.0 Å². The van der Waals surface area contributed by atoms with E-state index in [-0.39, 0.29) is 17.2 Å². The third-order valence-corrected chi connectivity index (χ3v) is 5.58. The highest BCUT2D eigenvalue weighted by atomic mass is 35.5. The van der Waals surface area contributed by atoms with Crippen LogP contribution in [0.2, 0.25) is 15.3 Å². The fraction of sp³-hybridized carbons (Fsp3) is 0.318. The molecule has 0 aliphatic carbocycles. The van der Waals surface area contributed by atoms with Gasteiger partial charge in [0.25, 0.3) is 0 Å². The first-order valence-corrected chi connectivity index (χ1v) is 11.5. The van der Waals surface area contributed by atoms with Gasteiger partial charge < -0.3 is 24.4 Å². The summed E-state index contributed by atoms with van der Waals surface area (Å²) in [4.78, 5) is 14.4. The number of aromatic nitrogens is 3. The van der Waals surface area contributed by atoms with Gasteiger partial charge in [-0.3, -0.25) is 0 Å². The Morgan fingerprint density at radius 2 is 1.60 bits per heavy atom. The van der Waals surface area contributed by atoms with Gasteiger partial charge in [0.05, 0.1) is 41.7 Å². The smallest absolute Gasteiger partial charge is 0.322 e. The van der Waals surface area contributed by atoms with Crippen molar-refractivity contribution >= 4 is 63.5 Å². The number of rotatable bonds is 12. The van der Waals surface area contributed by atoms with Crippen molar-refractivity contribution in [2.24, 2.45) is 10.2 Å². The molecule has 1 heterocycles. The van der Waals surface area contributed by atoms with Gasteiger partial charge in [-0.05, 0) is 48.0 Å². The van der Waals surface area contributed by atoms with Gasteiger partial charge in [-0.2, -0.15) is 20.1 Å². The highest BCUT2D eigenvalue weighted by Gasteiger charge is 2.13. The highest BCUT2D eigenvalue weighted by Crippen LogP contribution is 2.34.